The normalized spacial score (nSPS) is 11.2. The second kappa shape index (κ2) is 17.3. The van der Waals surface area contributed by atoms with E-state index in [1.54, 1.807) is 12.2 Å². The van der Waals surface area contributed by atoms with Gasteiger partial charge in [-0.3, -0.25) is 0 Å². The van der Waals surface area contributed by atoms with Crippen molar-refractivity contribution in [1.29, 1.82) is 0 Å². The van der Waals surface area contributed by atoms with E-state index in [1.165, 1.54) is 12.2 Å². The molecule has 0 unspecified atom stereocenters. The third-order valence-electron chi connectivity index (χ3n) is 4.11. The molecule has 0 aromatic heterocycles. The minimum atomic E-state index is -0.409. The Hall–Kier alpha value is -3.26. The first kappa shape index (κ1) is 26.0. The number of ether oxygens (including phenoxy) is 5. The highest BCUT2D eigenvalue weighted by molar-refractivity contribution is 5.87. The molecule has 0 heterocycles. The molecule has 0 saturated heterocycles. The molecule has 0 saturated carbocycles. The molecule has 176 valence electrons. The lowest BCUT2D eigenvalue weighted by Crippen LogP contribution is -2.14. The average Bonchev–Trinajstić information content (AvgIpc) is 2.85. The maximum atomic E-state index is 11.6. The van der Waals surface area contributed by atoms with Crippen LogP contribution in [-0.2, 0) is 33.3 Å². The Balaban J connectivity index is 1.34. The van der Waals surface area contributed by atoms with Crippen molar-refractivity contribution in [3.05, 3.63) is 83.9 Å². The molecule has 0 aliphatic carbocycles. The molecule has 0 amide bonds. The van der Waals surface area contributed by atoms with E-state index in [1.807, 2.05) is 60.7 Å². The summed E-state index contributed by atoms with van der Waals surface area (Å²) in [4.78, 5) is 23.2. The van der Waals surface area contributed by atoms with Gasteiger partial charge in [-0.1, -0.05) is 60.7 Å². The standard InChI is InChI=1S/C26H30O7/c27-25(13-11-23-7-3-1-4-8-23)32-21-19-30-17-15-29-16-18-31-20-22-33-26(28)14-12-24-9-5-2-6-10-24/h1-14H,15-22H2/b13-11+,14-12+. The topological polar surface area (TPSA) is 80.3 Å². The van der Waals surface area contributed by atoms with Crippen molar-refractivity contribution >= 4 is 24.1 Å². The lowest BCUT2D eigenvalue weighted by atomic mass is 10.2. The van der Waals surface area contributed by atoms with Crippen LogP contribution in [0, 0.1) is 0 Å². The quantitative estimate of drug-likeness (QED) is 0.218. The van der Waals surface area contributed by atoms with Crippen LogP contribution in [0.25, 0.3) is 12.2 Å². The highest BCUT2D eigenvalue weighted by Crippen LogP contribution is 2.02. The number of rotatable bonds is 16. The molecular weight excluding hydrogens is 424 g/mol. The van der Waals surface area contributed by atoms with E-state index in [4.69, 9.17) is 23.7 Å². The van der Waals surface area contributed by atoms with Gasteiger partial charge in [0.25, 0.3) is 0 Å². The lowest BCUT2D eigenvalue weighted by molar-refractivity contribution is -0.140. The molecule has 0 aliphatic heterocycles. The van der Waals surface area contributed by atoms with Crippen molar-refractivity contribution in [2.75, 3.05) is 52.9 Å². The zero-order valence-corrected chi connectivity index (χ0v) is 18.6. The average molecular weight is 455 g/mol. The fourth-order valence-corrected chi connectivity index (χ4v) is 2.50. The van der Waals surface area contributed by atoms with Crippen molar-refractivity contribution in [2.45, 2.75) is 0 Å². The van der Waals surface area contributed by atoms with E-state index in [0.29, 0.717) is 39.6 Å². The molecule has 0 spiro atoms. The number of hydrogen-bond acceptors (Lipinski definition) is 7. The molecule has 0 bridgehead atoms. The zero-order valence-electron chi connectivity index (χ0n) is 18.6. The minimum Gasteiger partial charge on any atom is -0.460 e. The minimum absolute atomic E-state index is 0.181. The van der Waals surface area contributed by atoms with Gasteiger partial charge in [-0.25, -0.2) is 9.59 Å². The molecule has 0 atom stereocenters. The van der Waals surface area contributed by atoms with Crippen LogP contribution < -0.4 is 0 Å². The summed E-state index contributed by atoms with van der Waals surface area (Å²) in [5.74, 6) is -0.817. The van der Waals surface area contributed by atoms with Crippen LogP contribution in [0.1, 0.15) is 11.1 Å². The first-order chi connectivity index (χ1) is 16.2. The monoisotopic (exact) mass is 454 g/mol. The van der Waals surface area contributed by atoms with Crippen LogP contribution in [0.2, 0.25) is 0 Å². The van der Waals surface area contributed by atoms with Crippen LogP contribution in [0.3, 0.4) is 0 Å². The first-order valence-electron chi connectivity index (χ1n) is 10.8. The molecule has 2 rings (SSSR count). The van der Waals surface area contributed by atoms with Crippen LogP contribution in [0.4, 0.5) is 0 Å². The number of carbonyl (C=O) groups is 2. The summed E-state index contributed by atoms with van der Waals surface area (Å²) in [5, 5.41) is 0. The summed E-state index contributed by atoms with van der Waals surface area (Å²) in [6.45, 7) is 2.56. The molecular formula is C26H30O7. The second-order valence-electron chi connectivity index (χ2n) is 6.66. The molecule has 2 aromatic carbocycles. The summed E-state index contributed by atoms with van der Waals surface area (Å²) in [6.07, 6.45) is 6.18. The van der Waals surface area contributed by atoms with Crippen molar-refractivity contribution < 1.29 is 33.3 Å². The zero-order chi connectivity index (χ0) is 23.4. The molecule has 7 heteroatoms. The van der Waals surface area contributed by atoms with Gasteiger partial charge in [0, 0.05) is 12.2 Å². The summed E-state index contributed by atoms with van der Waals surface area (Å²) in [7, 11) is 0. The van der Waals surface area contributed by atoms with Gasteiger partial charge in [-0.15, -0.1) is 0 Å². The Morgan fingerprint density at radius 3 is 1.21 bits per heavy atom. The van der Waals surface area contributed by atoms with E-state index in [2.05, 4.69) is 0 Å². The Morgan fingerprint density at radius 1 is 0.515 bits per heavy atom. The maximum Gasteiger partial charge on any atom is 0.330 e. The van der Waals surface area contributed by atoms with Crippen LogP contribution in [-0.4, -0.2) is 64.8 Å². The predicted molar refractivity (Wildman–Crippen MR) is 125 cm³/mol. The van der Waals surface area contributed by atoms with Gasteiger partial charge < -0.3 is 23.7 Å². The summed E-state index contributed by atoms with van der Waals surface area (Å²) in [5.41, 5.74) is 1.87. The van der Waals surface area contributed by atoms with Gasteiger partial charge in [0.1, 0.15) is 13.2 Å². The van der Waals surface area contributed by atoms with Gasteiger partial charge >= 0.3 is 11.9 Å². The van der Waals surface area contributed by atoms with Gasteiger partial charge in [0.05, 0.1) is 39.6 Å². The number of esters is 2. The van der Waals surface area contributed by atoms with Crippen LogP contribution >= 0.6 is 0 Å². The summed E-state index contributed by atoms with van der Waals surface area (Å²) >= 11 is 0. The largest absolute Gasteiger partial charge is 0.460 e. The van der Waals surface area contributed by atoms with Crippen molar-refractivity contribution in [3.8, 4) is 0 Å². The van der Waals surface area contributed by atoms with Crippen molar-refractivity contribution in [1.82, 2.24) is 0 Å². The van der Waals surface area contributed by atoms with Crippen molar-refractivity contribution in [2.24, 2.45) is 0 Å². The first-order valence-corrected chi connectivity index (χ1v) is 10.8. The molecule has 7 nitrogen and oxygen atoms in total. The van der Waals surface area contributed by atoms with Crippen LogP contribution in [0.5, 0.6) is 0 Å². The van der Waals surface area contributed by atoms with Gasteiger partial charge in [0.2, 0.25) is 0 Å². The Bertz CT molecular complexity index is 776. The van der Waals surface area contributed by atoms with Crippen LogP contribution in [0.15, 0.2) is 72.8 Å². The number of benzene rings is 2. The van der Waals surface area contributed by atoms with Gasteiger partial charge in [-0.05, 0) is 23.3 Å². The third kappa shape index (κ3) is 13.7. The molecule has 0 N–H and O–H groups in total. The molecule has 0 radical (unpaired) electrons. The fourth-order valence-electron chi connectivity index (χ4n) is 2.50. The van der Waals surface area contributed by atoms with E-state index in [9.17, 15) is 9.59 Å². The molecule has 33 heavy (non-hydrogen) atoms. The summed E-state index contributed by atoms with van der Waals surface area (Å²) < 4.78 is 26.2. The molecule has 2 aromatic rings. The SMILES string of the molecule is O=C(/C=C/c1ccccc1)OCCOCCOCCOCCOC(=O)/C=C/c1ccccc1. The van der Waals surface area contributed by atoms with E-state index in [-0.39, 0.29) is 13.2 Å². The number of carbonyl (C=O) groups excluding carboxylic acids is 2. The Morgan fingerprint density at radius 2 is 0.848 bits per heavy atom. The van der Waals surface area contributed by atoms with E-state index < -0.39 is 11.9 Å². The Labute approximate surface area is 194 Å². The highest BCUT2D eigenvalue weighted by atomic mass is 16.6. The van der Waals surface area contributed by atoms with E-state index in [0.717, 1.165) is 11.1 Å². The maximum absolute atomic E-state index is 11.6. The van der Waals surface area contributed by atoms with Gasteiger partial charge in [-0.2, -0.15) is 0 Å². The smallest absolute Gasteiger partial charge is 0.330 e. The number of hydrogen-bond donors (Lipinski definition) is 0. The molecule has 0 aliphatic rings. The predicted octanol–water partition coefficient (Wildman–Crippen LogP) is 3.55. The van der Waals surface area contributed by atoms with Gasteiger partial charge in [0.15, 0.2) is 0 Å². The van der Waals surface area contributed by atoms with Crippen molar-refractivity contribution in [3.63, 3.8) is 0 Å². The lowest BCUT2D eigenvalue weighted by Gasteiger charge is -2.07. The summed E-state index contributed by atoms with van der Waals surface area (Å²) in [6, 6.07) is 19.0. The Kier molecular flexibility index (Phi) is 13.6. The second-order valence-corrected chi connectivity index (χ2v) is 6.66. The molecule has 0 fully saturated rings. The van der Waals surface area contributed by atoms with E-state index >= 15 is 0 Å². The fraction of sp³-hybridized carbons (Fsp3) is 0.308. The highest BCUT2D eigenvalue weighted by Gasteiger charge is 1.99. The third-order valence-corrected chi connectivity index (χ3v) is 4.11.